The van der Waals surface area contributed by atoms with Gasteiger partial charge in [-0.25, -0.2) is 9.82 Å². The van der Waals surface area contributed by atoms with Crippen molar-refractivity contribution in [3.8, 4) is 12.1 Å². The molecule has 19 heavy (non-hydrogen) atoms. The maximum absolute atomic E-state index is 8.99. The lowest BCUT2D eigenvalue weighted by Gasteiger charge is -2.04. The number of nitrogens with one attached hydrogen (secondary N) is 1. The van der Waals surface area contributed by atoms with Crippen LogP contribution in [-0.2, 0) is 0 Å². The van der Waals surface area contributed by atoms with Gasteiger partial charge in [-0.05, 0) is 25.4 Å². The van der Waals surface area contributed by atoms with Crippen LogP contribution in [0.3, 0.4) is 0 Å². The zero-order valence-corrected chi connectivity index (χ0v) is 11.8. The molecule has 1 aliphatic heterocycles. The van der Waals surface area contributed by atoms with Crippen molar-refractivity contribution >= 4 is 34.2 Å². The van der Waals surface area contributed by atoms with Gasteiger partial charge in [-0.3, -0.25) is 0 Å². The number of aromatic nitrogens is 1. The quantitative estimate of drug-likeness (QED) is 0.523. The fraction of sp³-hybridized carbons (Fsp3) is 0.400. The minimum absolute atomic E-state index is 0.336. The van der Waals surface area contributed by atoms with Crippen molar-refractivity contribution in [1.82, 2.24) is 4.37 Å². The molecule has 0 radical (unpaired) electrons. The van der Waals surface area contributed by atoms with Crippen molar-refractivity contribution in [2.45, 2.75) is 19.2 Å². The molecule has 0 aliphatic carbocycles. The van der Waals surface area contributed by atoms with Crippen LogP contribution in [0.4, 0.5) is 5.00 Å². The van der Waals surface area contributed by atoms with Crippen molar-refractivity contribution in [1.29, 1.82) is 10.5 Å². The maximum atomic E-state index is 8.99. The number of rotatable bonds is 3. The summed E-state index contributed by atoms with van der Waals surface area (Å²) >= 11 is 2.37. The van der Waals surface area contributed by atoms with Crippen LogP contribution in [0.5, 0.6) is 0 Å². The molecule has 1 aliphatic rings. The minimum Gasteiger partial charge on any atom is -0.247 e. The van der Waals surface area contributed by atoms with Gasteiger partial charge in [0.1, 0.15) is 22.6 Å². The third-order valence-corrected chi connectivity index (χ3v) is 4.30. The van der Waals surface area contributed by atoms with Crippen LogP contribution < -0.4 is 5.43 Å². The lowest BCUT2D eigenvalue weighted by Crippen LogP contribution is -2.14. The van der Waals surface area contributed by atoms with E-state index in [1.165, 1.54) is 11.9 Å². The van der Waals surface area contributed by atoms with Crippen molar-refractivity contribution in [3.05, 3.63) is 11.3 Å². The number of nitriles is 2. The highest BCUT2D eigenvalue weighted by Gasteiger charge is 2.30. The van der Waals surface area contributed by atoms with Gasteiger partial charge in [0.15, 0.2) is 5.37 Å². The standard InChI is InChI=1S/C10H9N7S2/c1-5-7(3-11)9(18-15-5)13-17-14-10-8(4-12)6(2)16-19-10/h7,9H,1-2H3,(H,13,14). The van der Waals surface area contributed by atoms with Gasteiger partial charge in [-0.15, -0.1) is 0 Å². The molecule has 9 heteroatoms. The summed E-state index contributed by atoms with van der Waals surface area (Å²) in [6, 6.07) is 4.20. The highest BCUT2D eigenvalue weighted by atomic mass is 32.2. The van der Waals surface area contributed by atoms with E-state index < -0.39 is 0 Å². The van der Waals surface area contributed by atoms with Crippen molar-refractivity contribution in [2.75, 3.05) is 5.43 Å². The highest BCUT2D eigenvalue weighted by Crippen LogP contribution is 2.31. The Hall–Kier alpha value is -1.97. The Labute approximate surface area is 118 Å². The third kappa shape index (κ3) is 2.72. The molecule has 0 saturated heterocycles. The zero-order chi connectivity index (χ0) is 13.8. The molecule has 2 heterocycles. The smallest absolute Gasteiger partial charge is 0.160 e. The van der Waals surface area contributed by atoms with Gasteiger partial charge < -0.3 is 0 Å². The van der Waals surface area contributed by atoms with E-state index in [-0.39, 0.29) is 11.3 Å². The second-order valence-corrected chi connectivity index (χ2v) is 5.40. The summed E-state index contributed by atoms with van der Waals surface area (Å²) in [6.07, 6.45) is 0. The van der Waals surface area contributed by atoms with Crippen LogP contribution in [0.15, 0.2) is 14.7 Å². The summed E-state index contributed by atoms with van der Waals surface area (Å²) in [6.45, 7) is 3.55. The van der Waals surface area contributed by atoms with E-state index in [9.17, 15) is 0 Å². The Balaban J connectivity index is 2.02. The lowest BCUT2D eigenvalue weighted by atomic mass is 10.1. The second kappa shape index (κ2) is 5.78. The van der Waals surface area contributed by atoms with E-state index in [1.54, 1.807) is 13.8 Å². The van der Waals surface area contributed by atoms with Crippen molar-refractivity contribution in [3.63, 3.8) is 0 Å². The van der Waals surface area contributed by atoms with Gasteiger partial charge in [0.25, 0.3) is 0 Å². The fourth-order valence-corrected chi connectivity index (χ4v) is 2.96. The molecular weight excluding hydrogens is 282 g/mol. The Morgan fingerprint density at radius 1 is 1.37 bits per heavy atom. The van der Waals surface area contributed by atoms with Gasteiger partial charge in [-0.2, -0.15) is 20.0 Å². The Morgan fingerprint density at radius 2 is 2.16 bits per heavy atom. The van der Waals surface area contributed by atoms with Gasteiger partial charge in [-0.1, -0.05) is 5.22 Å². The van der Waals surface area contributed by atoms with E-state index in [1.807, 2.05) is 0 Å². The molecule has 0 fully saturated rings. The Kier molecular flexibility index (Phi) is 4.10. The van der Waals surface area contributed by atoms with E-state index in [2.05, 4.69) is 36.7 Å². The molecule has 96 valence electrons. The van der Waals surface area contributed by atoms with E-state index in [4.69, 9.17) is 10.5 Å². The predicted molar refractivity (Wildman–Crippen MR) is 73.6 cm³/mol. The molecule has 1 aromatic rings. The summed E-state index contributed by atoms with van der Waals surface area (Å²) in [4.78, 5) is 0. The third-order valence-electron chi connectivity index (χ3n) is 2.48. The first-order valence-corrected chi connectivity index (χ1v) is 6.90. The van der Waals surface area contributed by atoms with Gasteiger partial charge >= 0.3 is 0 Å². The SMILES string of the molecule is CC1=NSC(N=NNc2snc(C)c2C#N)C1C#N. The van der Waals surface area contributed by atoms with Crippen molar-refractivity contribution in [2.24, 2.45) is 20.7 Å². The average molecular weight is 291 g/mol. The fourth-order valence-electron chi connectivity index (χ4n) is 1.41. The van der Waals surface area contributed by atoms with Crippen LogP contribution >= 0.6 is 23.5 Å². The zero-order valence-electron chi connectivity index (χ0n) is 10.2. The van der Waals surface area contributed by atoms with Gasteiger partial charge in [0, 0.05) is 17.7 Å². The van der Waals surface area contributed by atoms with Crippen LogP contribution in [-0.4, -0.2) is 15.5 Å². The number of anilines is 1. The second-order valence-electron chi connectivity index (χ2n) is 3.75. The molecule has 1 N–H and O–H groups in total. The largest absolute Gasteiger partial charge is 0.247 e. The van der Waals surface area contributed by atoms with Crippen LogP contribution in [0.2, 0.25) is 0 Å². The molecule has 7 nitrogen and oxygen atoms in total. The van der Waals surface area contributed by atoms with Gasteiger partial charge in [0.2, 0.25) is 0 Å². The monoisotopic (exact) mass is 291 g/mol. The van der Waals surface area contributed by atoms with Crippen LogP contribution in [0.1, 0.15) is 18.2 Å². The summed E-state index contributed by atoms with van der Waals surface area (Å²) in [5.74, 6) is -0.353. The molecule has 2 atom stereocenters. The molecule has 1 aromatic heterocycles. The molecule has 2 unspecified atom stereocenters. The molecule has 0 amide bonds. The first kappa shape index (κ1) is 13.5. The lowest BCUT2D eigenvalue weighted by molar-refractivity contribution is 0.776. The number of aryl methyl sites for hydroxylation is 1. The first-order valence-electron chi connectivity index (χ1n) is 5.29. The molecule has 0 saturated carbocycles. The van der Waals surface area contributed by atoms with Crippen molar-refractivity contribution < 1.29 is 0 Å². The maximum Gasteiger partial charge on any atom is 0.160 e. The van der Waals surface area contributed by atoms with Crippen LogP contribution in [0, 0.1) is 35.5 Å². The Bertz CT molecular complexity index is 619. The van der Waals surface area contributed by atoms with Gasteiger partial charge in [0.05, 0.1) is 11.8 Å². The average Bonchev–Trinajstić information content (AvgIpc) is 2.93. The number of nitrogens with zero attached hydrogens (tertiary/aromatic N) is 6. The topological polar surface area (TPSA) is 110 Å². The molecule has 0 spiro atoms. The summed E-state index contributed by atoms with van der Waals surface area (Å²) < 4.78 is 8.16. The van der Waals surface area contributed by atoms with Crippen LogP contribution in [0.25, 0.3) is 0 Å². The summed E-state index contributed by atoms with van der Waals surface area (Å²) in [7, 11) is 0. The highest BCUT2D eigenvalue weighted by molar-refractivity contribution is 7.99. The van der Waals surface area contributed by atoms with E-state index >= 15 is 0 Å². The van der Waals surface area contributed by atoms with E-state index in [0.29, 0.717) is 16.3 Å². The molecule has 2 rings (SSSR count). The molecule has 0 bridgehead atoms. The summed E-state index contributed by atoms with van der Waals surface area (Å²) in [5, 5.41) is 26.0. The minimum atomic E-state index is -0.353. The predicted octanol–water partition coefficient (Wildman–Crippen LogP) is 2.69. The summed E-state index contributed by atoms with van der Waals surface area (Å²) in [5.41, 5.74) is 4.57. The number of hydrogen-bond acceptors (Lipinski definition) is 8. The molecule has 0 aromatic carbocycles. The van der Waals surface area contributed by atoms with E-state index in [0.717, 1.165) is 17.2 Å². The Morgan fingerprint density at radius 3 is 2.84 bits per heavy atom. The molecular formula is C10H9N7S2. The first-order chi connectivity index (χ1) is 9.17. The number of hydrogen-bond donors (Lipinski definition) is 1. The normalized spacial score (nSPS) is 22.0.